The lowest BCUT2D eigenvalue weighted by atomic mass is 10.1. The van der Waals surface area contributed by atoms with Gasteiger partial charge in [-0.05, 0) is 47.7 Å². The summed E-state index contributed by atoms with van der Waals surface area (Å²) >= 11 is 16.6. The Morgan fingerprint density at radius 3 is 2.32 bits per heavy atom. The van der Waals surface area contributed by atoms with Gasteiger partial charge in [-0.15, -0.1) is 0 Å². The van der Waals surface area contributed by atoms with E-state index in [9.17, 15) is 9.59 Å². The molecule has 1 aliphatic heterocycles. The average Bonchev–Trinajstić information content (AvgIpc) is 2.93. The van der Waals surface area contributed by atoms with Crippen LogP contribution in [0.15, 0.2) is 39.7 Å². The molecular weight excluding hydrogens is 489 g/mol. The monoisotopic (exact) mass is 501 g/mol. The molecular formula is C19H14BrCl2NO4S. The Morgan fingerprint density at radius 1 is 1.11 bits per heavy atom. The maximum atomic E-state index is 12.8. The number of amides is 2. The van der Waals surface area contributed by atoms with Gasteiger partial charge in [-0.3, -0.25) is 14.5 Å². The van der Waals surface area contributed by atoms with Crippen LogP contribution in [-0.4, -0.2) is 30.3 Å². The smallest absolute Gasteiger partial charge is 0.293 e. The number of carbonyl (C=O) groups excluding carboxylic acids is 2. The van der Waals surface area contributed by atoms with Crippen molar-refractivity contribution in [1.82, 2.24) is 4.90 Å². The molecule has 28 heavy (non-hydrogen) atoms. The number of benzene rings is 2. The first-order valence-corrected chi connectivity index (χ1v) is 10.3. The maximum Gasteiger partial charge on any atom is 0.293 e. The lowest BCUT2D eigenvalue weighted by molar-refractivity contribution is -0.123. The number of rotatable bonds is 5. The molecule has 0 radical (unpaired) electrons. The molecule has 1 saturated heterocycles. The lowest BCUT2D eigenvalue weighted by Gasteiger charge is -2.14. The topological polar surface area (TPSA) is 55.8 Å². The second-order valence-electron chi connectivity index (χ2n) is 5.70. The van der Waals surface area contributed by atoms with Gasteiger partial charge in [0, 0.05) is 20.1 Å². The molecule has 2 aromatic rings. The molecule has 1 heterocycles. The Bertz CT molecular complexity index is 976. The van der Waals surface area contributed by atoms with Crippen molar-refractivity contribution >= 4 is 68.1 Å². The Morgan fingerprint density at radius 2 is 1.71 bits per heavy atom. The third-order valence-electron chi connectivity index (χ3n) is 4.04. The molecule has 146 valence electrons. The molecule has 1 fully saturated rings. The van der Waals surface area contributed by atoms with E-state index >= 15 is 0 Å². The number of ether oxygens (including phenoxy) is 2. The zero-order chi connectivity index (χ0) is 20.4. The Labute approximate surface area is 184 Å². The highest BCUT2D eigenvalue weighted by Gasteiger charge is 2.36. The second-order valence-corrected chi connectivity index (χ2v) is 8.36. The second kappa shape index (κ2) is 8.78. The lowest BCUT2D eigenvalue weighted by Crippen LogP contribution is -2.27. The fraction of sp³-hybridized carbons (Fsp3) is 0.158. The zero-order valence-electron chi connectivity index (χ0n) is 14.8. The molecule has 9 heteroatoms. The van der Waals surface area contributed by atoms with E-state index in [1.807, 2.05) is 0 Å². The van der Waals surface area contributed by atoms with Crippen LogP contribution in [0.1, 0.15) is 11.1 Å². The fourth-order valence-corrected chi connectivity index (χ4v) is 4.38. The van der Waals surface area contributed by atoms with Crippen LogP contribution < -0.4 is 9.47 Å². The molecule has 0 aromatic heterocycles. The van der Waals surface area contributed by atoms with Crippen molar-refractivity contribution in [1.29, 1.82) is 0 Å². The molecule has 3 rings (SSSR count). The normalized spacial score (nSPS) is 15.5. The highest BCUT2D eigenvalue weighted by molar-refractivity contribution is 9.10. The molecule has 0 N–H and O–H groups in total. The number of hydrogen-bond donors (Lipinski definition) is 0. The van der Waals surface area contributed by atoms with Gasteiger partial charge in [0.05, 0.1) is 25.7 Å². The van der Waals surface area contributed by atoms with Crippen LogP contribution in [0, 0.1) is 0 Å². The van der Waals surface area contributed by atoms with Crippen LogP contribution in [-0.2, 0) is 11.3 Å². The number of thioether (sulfide) groups is 1. The van der Waals surface area contributed by atoms with Crippen molar-refractivity contribution in [3.63, 3.8) is 0 Å². The van der Waals surface area contributed by atoms with Gasteiger partial charge in [-0.2, -0.15) is 0 Å². The third kappa shape index (κ3) is 4.17. The molecule has 1 aliphatic rings. The predicted molar refractivity (Wildman–Crippen MR) is 115 cm³/mol. The summed E-state index contributed by atoms with van der Waals surface area (Å²) in [5.74, 6) is 0.652. The zero-order valence-corrected chi connectivity index (χ0v) is 18.7. The summed E-state index contributed by atoms with van der Waals surface area (Å²) in [5, 5.41) is 0.417. The van der Waals surface area contributed by atoms with Gasteiger partial charge in [0.25, 0.3) is 11.1 Å². The van der Waals surface area contributed by atoms with Crippen LogP contribution in [0.25, 0.3) is 6.08 Å². The standard InChI is InChI=1S/C19H14BrCl2NO4S/c1-26-15-6-10(12(20)8-16(15)27-2)7-17-18(24)23(19(25)28-17)9-11-13(21)4-3-5-14(11)22/h3-8H,9H2,1-2H3/b17-7-. The van der Waals surface area contributed by atoms with Gasteiger partial charge in [0.1, 0.15) is 0 Å². The number of carbonyl (C=O) groups is 2. The minimum atomic E-state index is -0.410. The van der Waals surface area contributed by atoms with Gasteiger partial charge in [0.15, 0.2) is 11.5 Å². The van der Waals surface area contributed by atoms with Crippen molar-refractivity contribution in [3.8, 4) is 11.5 Å². The van der Waals surface area contributed by atoms with Crippen molar-refractivity contribution in [2.75, 3.05) is 14.2 Å². The van der Waals surface area contributed by atoms with E-state index in [1.165, 1.54) is 14.2 Å². The minimum absolute atomic E-state index is 0.00756. The molecule has 2 amide bonds. The molecule has 0 atom stereocenters. The molecule has 0 bridgehead atoms. The van der Waals surface area contributed by atoms with Crippen LogP contribution in [0.2, 0.25) is 10.0 Å². The fourth-order valence-electron chi connectivity index (χ4n) is 2.60. The Balaban J connectivity index is 1.92. The van der Waals surface area contributed by atoms with Crippen molar-refractivity contribution < 1.29 is 19.1 Å². The molecule has 0 spiro atoms. The van der Waals surface area contributed by atoms with Gasteiger partial charge >= 0.3 is 0 Å². The molecule has 0 aliphatic carbocycles. The van der Waals surface area contributed by atoms with Gasteiger partial charge < -0.3 is 9.47 Å². The highest BCUT2D eigenvalue weighted by Crippen LogP contribution is 2.39. The van der Waals surface area contributed by atoms with Crippen LogP contribution in [0.5, 0.6) is 11.5 Å². The quantitative estimate of drug-likeness (QED) is 0.468. The first-order chi connectivity index (χ1) is 13.3. The van der Waals surface area contributed by atoms with Crippen molar-refractivity contribution in [3.05, 3.63) is 60.9 Å². The SMILES string of the molecule is COc1cc(Br)c(/C=C2\SC(=O)N(Cc3c(Cl)cccc3Cl)C2=O)cc1OC. The maximum absolute atomic E-state index is 12.8. The summed E-state index contributed by atoms with van der Waals surface area (Å²) in [6.45, 7) is 0.00756. The van der Waals surface area contributed by atoms with E-state index in [2.05, 4.69) is 15.9 Å². The molecule has 2 aromatic carbocycles. The predicted octanol–water partition coefficient (Wildman–Crippen LogP) is 6.01. The van der Waals surface area contributed by atoms with E-state index in [-0.39, 0.29) is 11.8 Å². The number of halogens is 3. The van der Waals surface area contributed by atoms with Crippen molar-refractivity contribution in [2.45, 2.75) is 6.54 Å². The Kier molecular flexibility index (Phi) is 6.60. The van der Waals surface area contributed by atoms with E-state index in [4.69, 9.17) is 32.7 Å². The van der Waals surface area contributed by atoms with E-state index < -0.39 is 5.91 Å². The van der Waals surface area contributed by atoms with Crippen LogP contribution in [0.4, 0.5) is 4.79 Å². The van der Waals surface area contributed by atoms with E-state index in [0.717, 1.165) is 16.7 Å². The average molecular weight is 503 g/mol. The summed E-state index contributed by atoms with van der Waals surface area (Å²) in [5.41, 5.74) is 1.21. The highest BCUT2D eigenvalue weighted by atomic mass is 79.9. The molecule has 0 unspecified atom stereocenters. The minimum Gasteiger partial charge on any atom is -0.493 e. The molecule has 0 saturated carbocycles. The number of nitrogens with zero attached hydrogens (tertiary/aromatic N) is 1. The largest absolute Gasteiger partial charge is 0.493 e. The van der Waals surface area contributed by atoms with Gasteiger partial charge in [0.2, 0.25) is 0 Å². The van der Waals surface area contributed by atoms with Crippen LogP contribution in [0.3, 0.4) is 0 Å². The van der Waals surface area contributed by atoms with E-state index in [1.54, 1.807) is 36.4 Å². The van der Waals surface area contributed by atoms with Crippen LogP contribution >= 0.6 is 50.9 Å². The number of imide groups is 1. The van der Waals surface area contributed by atoms with E-state index in [0.29, 0.717) is 42.0 Å². The van der Waals surface area contributed by atoms with Gasteiger partial charge in [-0.1, -0.05) is 45.2 Å². The number of hydrogen-bond acceptors (Lipinski definition) is 5. The summed E-state index contributed by atoms with van der Waals surface area (Å²) in [4.78, 5) is 26.6. The third-order valence-corrected chi connectivity index (χ3v) is 6.34. The van der Waals surface area contributed by atoms with Crippen molar-refractivity contribution in [2.24, 2.45) is 0 Å². The van der Waals surface area contributed by atoms with Gasteiger partial charge in [-0.25, -0.2) is 0 Å². The summed E-state index contributed by atoms with van der Waals surface area (Å²) < 4.78 is 11.2. The first kappa shape index (κ1) is 21.0. The summed E-state index contributed by atoms with van der Waals surface area (Å²) in [6, 6.07) is 8.49. The summed E-state index contributed by atoms with van der Waals surface area (Å²) in [7, 11) is 3.06. The number of methoxy groups -OCH3 is 2. The first-order valence-electron chi connectivity index (χ1n) is 7.95. The Hall–Kier alpha value is -1.67. The molecule has 5 nitrogen and oxygen atoms in total. The summed E-state index contributed by atoms with van der Waals surface area (Å²) in [6.07, 6.45) is 1.63.